The van der Waals surface area contributed by atoms with Crippen molar-refractivity contribution in [1.82, 2.24) is 0 Å². The summed E-state index contributed by atoms with van der Waals surface area (Å²) in [5.74, 6) is 0.185. The number of phenolic OH excluding ortho intramolecular Hbond substituents is 1. The first-order valence-corrected chi connectivity index (χ1v) is 9.82. The van der Waals surface area contributed by atoms with E-state index < -0.39 is 6.16 Å². The number of benzene rings is 1. The van der Waals surface area contributed by atoms with Gasteiger partial charge in [0.25, 0.3) is 0 Å². The zero-order valence-corrected chi connectivity index (χ0v) is 16.1. The standard InChI is InChI=1S/C21H34O4/c1-4-7-10-12-16-15-17(13-11-8-5-2)20(25-21(23)24)19(22)18(16)14-9-6-3/h15,22H,4-14H2,1-3H3,(H,23,24). The number of aromatic hydroxyl groups is 1. The zero-order chi connectivity index (χ0) is 18.7. The molecule has 1 aromatic rings. The molecule has 0 aromatic heterocycles. The highest BCUT2D eigenvalue weighted by atomic mass is 16.7. The maximum atomic E-state index is 11.1. The van der Waals surface area contributed by atoms with Crippen molar-refractivity contribution in [3.05, 3.63) is 22.8 Å². The fourth-order valence-electron chi connectivity index (χ4n) is 3.18. The highest BCUT2D eigenvalue weighted by Gasteiger charge is 2.20. The lowest BCUT2D eigenvalue weighted by Gasteiger charge is -2.18. The van der Waals surface area contributed by atoms with E-state index in [-0.39, 0.29) is 11.5 Å². The molecule has 1 rings (SSSR count). The van der Waals surface area contributed by atoms with Crippen molar-refractivity contribution in [2.75, 3.05) is 0 Å². The number of carboxylic acid groups (broad SMARTS) is 1. The molecule has 0 atom stereocenters. The van der Waals surface area contributed by atoms with Crippen LogP contribution in [-0.2, 0) is 19.3 Å². The van der Waals surface area contributed by atoms with Crippen molar-refractivity contribution in [2.24, 2.45) is 0 Å². The number of unbranched alkanes of at least 4 members (excludes halogenated alkanes) is 5. The van der Waals surface area contributed by atoms with Gasteiger partial charge in [0.15, 0.2) is 11.5 Å². The number of ether oxygens (including phenoxy) is 1. The quantitative estimate of drug-likeness (QED) is 0.265. The van der Waals surface area contributed by atoms with Crippen molar-refractivity contribution in [1.29, 1.82) is 0 Å². The Morgan fingerprint density at radius 2 is 1.44 bits per heavy atom. The van der Waals surface area contributed by atoms with Crippen LogP contribution >= 0.6 is 0 Å². The SMILES string of the molecule is CCCCCc1cc(CCCCC)c(OC(=O)O)c(O)c1CCCC. The minimum absolute atomic E-state index is 0.0383. The van der Waals surface area contributed by atoms with Crippen LogP contribution in [0.25, 0.3) is 0 Å². The largest absolute Gasteiger partial charge is 0.511 e. The van der Waals surface area contributed by atoms with Crippen molar-refractivity contribution in [2.45, 2.75) is 91.4 Å². The Bertz CT molecular complexity index is 537. The van der Waals surface area contributed by atoms with Gasteiger partial charge in [-0.1, -0.05) is 58.9 Å². The highest BCUT2D eigenvalue weighted by Crippen LogP contribution is 2.39. The number of carbonyl (C=O) groups is 1. The van der Waals surface area contributed by atoms with Crippen LogP contribution in [0.15, 0.2) is 6.07 Å². The lowest BCUT2D eigenvalue weighted by molar-refractivity contribution is 0.142. The molecule has 25 heavy (non-hydrogen) atoms. The van der Waals surface area contributed by atoms with E-state index in [0.717, 1.165) is 87.3 Å². The Morgan fingerprint density at radius 3 is 1.96 bits per heavy atom. The van der Waals surface area contributed by atoms with Gasteiger partial charge in [0.2, 0.25) is 0 Å². The lowest BCUT2D eigenvalue weighted by atomic mass is 9.92. The first-order valence-electron chi connectivity index (χ1n) is 9.82. The zero-order valence-electron chi connectivity index (χ0n) is 16.1. The smallest absolute Gasteiger partial charge is 0.504 e. The summed E-state index contributed by atoms with van der Waals surface area (Å²) in [6.07, 6.45) is 9.59. The van der Waals surface area contributed by atoms with E-state index in [2.05, 4.69) is 26.8 Å². The van der Waals surface area contributed by atoms with E-state index in [1.807, 2.05) is 0 Å². The van der Waals surface area contributed by atoms with Crippen LogP contribution < -0.4 is 4.74 Å². The fraction of sp³-hybridized carbons (Fsp3) is 0.667. The predicted octanol–water partition coefficient (Wildman–Crippen LogP) is 6.26. The van der Waals surface area contributed by atoms with Crippen molar-refractivity contribution in [3.8, 4) is 11.5 Å². The molecule has 0 fully saturated rings. The number of phenols is 1. The molecule has 2 N–H and O–H groups in total. The molecule has 1 aromatic carbocycles. The third-order valence-corrected chi connectivity index (χ3v) is 4.60. The van der Waals surface area contributed by atoms with E-state index in [0.29, 0.717) is 0 Å². The third-order valence-electron chi connectivity index (χ3n) is 4.60. The Balaban J connectivity index is 3.23. The van der Waals surface area contributed by atoms with E-state index in [1.165, 1.54) is 0 Å². The summed E-state index contributed by atoms with van der Waals surface area (Å²) in [7, 11) is 0. The van der Waals surface area contributed by atoms with Gasteiger partial charge in [-0.15, -0.1) is 0 Å². The molecule has 0 aliphatic rings. The molecule has 0 aliphatic heterocycles. The second kappa shape index (κ2) is 11.8. The predicted molar refractivity (Wildman–Crippen MR) is 102 cm³/mol. The van der Waals surface area contributed by atoms with Gasteiger partial charge >= 0.3 is 6.16 Å². The Hall–Kier alpha value is -1.71. The molecule has 0 amide bonds. The average molecular weight is 350 g/mol. The second-order valence-corrected chi connectivity index (χ2v) is 6.74. The summed E-state index contributed by atoms with van der Waals surface area (Å²) in [5.41, 5.74) is 2.84. The monoisotopic (exact) mass is 350 g/mol. The van der Waals surface area contributed by atoms with Gasteiger partial charge in [-0.05, 0) is 49.7 Å². The van der Waals surface area contributed by atoms with E-state index in [1.54, 1.807) is 0 Å². The molecule has 0 spiro atoms. The first-order chi connectivity index (χ1) is 12.0. The number of hydrogen-bond acceptors (Lipinski definition) is 3. The van der Waals surface area contributed by atoms with Gasteiger partial charge in [0.1, 0.15) is 0 Å². The molecule has 0 unspecified atom stereocenters. The molecule has 142 valence electrons. The molecule has 4 nitrogen and oxygen atoms in total. The van der Waals surface area contributed by atoms with Gasteiger partial charge in [0.05, 0.1) is 0 Å². The van der Waals surface area contributed by atoms with Crippen molar-refractivity contribution >= 4 is 6.16 Å². The topological polar surface area (TPSA) is 66.8 Å². The number of hydrogen-bond donors (Lipinski definition) is 2. The minimum atomic E-state index is -1.37. The van der Waals surface area contributed by atoms with E-state index >= 15 is 0 Å². The van der Waals surface area contributed by atoms with Gasteiger partial charge in [-0.2, -0.15) is 0 Å². The first kappa shape index (κ1) is 21.3. The molecule has 0 radical (unpaired) electrons. The van der Waals surface area contributed by atoms with Crippen LogP contribution in [0.2, 0.25) is 0 Å². The van der Waals surface area contributed by atoms with Gasteiger partial charge < -0.3 is 14.9 Å². The van der Waals surface area contributed by atoms with Crippen LogP contribution in [0, 0.1) is 0 Å². The average Bonchev–Trinajstić information content (AvgIpc) is 2.57. The molecule has 0 saturated heterocycles. The second-order valence-electron chi connectivity index (χ2n) is 6.74. The molecule has 0 aliphatic carbocycles. The summed E-state index contributed by atoms with van der Waals surface area (Å²) in [6.45, 7) is 6.42. The number of rotatable bonds is 12. The Kier molecular flexibility index (Phi) is 10.0. The molecular weight excluding hydrogens is 316 g/mol. The minimum Gasteiger partial charge on any atom is -0.504 e. The molecular formula is C21H34O4. The summed E-state index contributed by atoms with van der Waals surface area (Å²) in [6, 6.07) is 2.08. The van der Waals surface area contributed by atoms with E-state index in [4.69, 9.17) is 9.84 Å². The molecule has 0 bridgehead atoms. The van der Waals surface area contributed by atoms with E-state index in [9.17, 15) is 9.90 Å². The molecule has 4 heteroatoms. The molecule has 0 heterocycles. The summed E-state index contributed by atoms with van der Waals surface area (Å²) < 4.78 is 4.97. The lowest BCUT2D eigenvalue weighted by Crippen LogP contribution is -2.09. The van der Waals surface area contributed by atoms with Gasteiger partial charge in [0, 0.05) is 5.56 Å². The van der Waals surface area contributed by atoms with Crippen LogP contribution in [0.1, 0.15) is 88.8 Å². The fourth-order valence-corrected chi connectivity index (χ4v) is 3.18. The Morgan fingerprint density at radius 1 is 0.880 bits per heavy atom. The Labute approximate surface area is 152 Å². The maximum absolute atomic E-state index is 11.1. The van der Waals surface area contributed by atoms with Crippen molar-refractivity contribution in [3.63, 3.8) is 0 Å². The third kappa shape index (κ3) is 6.97. The summed E-state index contributed by atoms with van der Waals surface area (Å²) >= 11 is 0. The van der Waals surface area contributed by atoms with Gasteiger partial charge in [-0.25, -0.2) is 4.79 Å². The normalized spacial score (nSPS) is 10.8. The van der Waals surface area contributed by atoms with Crippen LogP contribution in [-0.4, -0.2) is 16.4 Å². The van der Waals surface area contributed by atoms with Crippen LogP contribution in [0.4, 0.5) is 4.79 Å². The van der Waals surface area contributed by atoms with Gasteiger partial charge in [-0.3, -0.25) is 0 Å². The van der Waals surface area contributed by atoms with Crippen molar-refractivity contribution < 1.29 is 19.7 Å². The maximum Gasteiger partial charge on any atom is 0.511 e. The summed E-state index contributed by atoms with van der Waals surface area (Å²) in [5, 5.41) is 19.8. The summed E-state index contributed by atoms with van der Waals surface area (Å²) in [4.78, 5) is 11.1. The van der Waals surface area contributed by atoms with Crippen LogP contribution in [0.5, 0.6) is 11.5 Å². The van der Waals surface area contributed by atoms with Crippen LogP contribution in [0.3, 0.4) is 0 Å². The molecule has 0 saturated carbocycles. The highest BCUT2D eigenvalue weighted by molar-refractivity contribution is 5.66. The number of aryl methyl sites for hydroxylation is 2.